The van der Waals surface area contributed by atoms with Gasteiger partial charge in [-0.15, -0.1) is 0 Å². The monoisotopic (exact) mass is 486 g/mol. The van der Waals surface area contributed by atoms with Crippen molar-refractivity contribution in [3.63, 3.8) is 0 Å². The molecule has 4 amide bonds. The van der Waals surface area contributed by atoms with Crippen molar-refractivity contribution in [3.8, 4) is 0 Å². The fourth-order valence-corrected chi connectivity index (χ4v) is 5.20. The van der Waals surface area contributed by atoms with E-state index >= 15 is 0 Å². The molecule has 0 saturated carbocycles. The van der Waals surface area contributed by atoms with Gasteiger partial charge in [0.25, 0.3) is 0 Å². The molecule has 2 heterocycles. The van der Waals surface area contributed by atoms with Crippen molar-refractivity contribution in [1.82, 2.24) is 14.5 Å². The van der Waals surface area contributed by atoms with Crippen molar-refractivity contribution in [1.29, 1.82) is 0 Å². The second kappa shape index (κ2) is 10.3. The Hall–Kier alpha value is -3.28. The number of morpholine rings is 1. The van der Waals surface area contributed by atoms with Crippen molar-refractivity contribution in [3.05, 3.63) is 59.7 Å². The molecule has 2 aliphatic rings. The minimum Gasteiger partial charge on any atom is -0.379 e. The number of carbonyl (C=O) groups is 3. The van der Waals surface area contributed by atoms with Gasteiger partial charge in [0, 0.05) is 25.2 Å². The van der Waals surface area contributed by atoms with Gasteiger partial charge in [-0.1, -0.05) is 24.3 Å². The third kappa shape index (κ3) is 5.61. The topological polar surface area (TPSA) is 125 Å². The molecule has 0 unspecified atom stereocenters. The van der Waals surface area contributed by atoms with Crippen LogP contribution in [-0.2, 0) is 37.3 Å². The molecule has 0 radical (unpaired) electrons. The van der Waals surface area contributed by atoms with E-state index < -0.39 is 16.1 Å². The molecular formula is C23H26N4O6S. The Morgan fingerprint density at radius 1 is 1.03 bits per heavy atom. The maximum atomic E-state index is 12.7. The molecule has 0 aliphatic carbocycles. The Kier molecular flexibility index (Phi) is 7.25. The number of hydrogen-bond acceptors (Lipinski definition) is 6. The summed E-state index contributed by atoms with van der Waals surface area (Å²) in [5.74, 6) is -0.486. The van der Waals surface area contributed by atoms with Crippen LogP contribution in [0, 0.1) is 0 Å². The molecule has 0 spiro atoms. The van der Waals surface area contributed by atoms with Crippen LogP contribution in [0.2, 0.25) is 0 Å². The van der Waals surface area contributed by atoms with Gasteiger partial charge < -0.3 is 15.4 Å². The van der Waals surface area contributed by atoms with Gasteiger partial charge in [-0.25, -0.2) is 13.2 Å². The first-order valence-electron chi connectivity index (χ1n) is 11.0. The lowest BCUT2D eigenvalue weighted by Crippen LogP contribution is -2.40. The van der Waals surface area contributed by atoms with Crippen LogP contribution in [0.5, 0.6) is 0 Å². The Bertz CT molecular complexity index is 1160. The standard InChI is InChI=1S/C23H26N4O6S/c28-21(25-19-3-1-2-18(14-19)16-27-22(29)15-24-23(27)30)9-6-17-4-7-20(8-5-17)34(31,32)26-10-12-33-13-11-26/h1-5,7-8,14H,6,9-13,15-16H2,(H,24,30)(H,25,28). The van der Waals surface area contributed by atoms with Crippen LogP contribution in [-0.4, -0.2) is 68.3 Å². The van der Waals surface area contributed by atoms with Crippen LogP contribution in [0.25, 0.3) is 0 Å². The summed E-state index contributed by atoms with van der Waals surface area (Å²) in [6.45, 7) is 1.59. The highest BCUT2D eigenvalue weighted by Crippen LogP contribution is 2.19. The number of amides is 4. The van der Waals surface area contributed by atoms with Crippen LogP contribution >= 0.6 is 0 Å². The molecule has 0 bridgehead atoms. The van der Waals surface area contributed by atoms with Gasteiger partial charge >= 0.3 is 6.03 Å². The van der Waals surface area contributed by atoms with Crippen LogP contribution in [0.4, 0.5) is 10.5 Å². The van der Waals surface area contributed by atoms with Gasteiger partial charge in [-0.05, 0) is 41.8 Å². The SMILES string of the molecule is O=C(CCc1ccc(S(=O)(=O)N2CCOCC2)cc1)Nc1cccc(CN2C(=O)CNC2=O)c1. The second-order valence-corrected chi connectivity index (χ2v) is 9.99. The molecule has 10 nitrogen and oxygen atoms in total. The molecule has 2 aromatic carbocycles. The lowest BCUT2D eigenvalue weighted by atomic mass is 10.1. The molecule has 0 atom stereocenters. The third-order valence-electron chi connectivity index (χ3n) is 5.66. The zero-order chi connectivity index (χ0) is 24.1. The van der Waals surface area contributed by atoms with Crippen LogP contribution in [0.15, 0.2) is 53.4 Å². The summed E-state index contributed by atoms with van der Waals surface area (Å²) in [7, 11) is -3.55. The summed E-state index contributed by atoms with van der Waals surface area (Å²) >= 11 is 0. The molecule has 2 aliphatic heterocycles. The summed E-state index contributed by atoms with van der Waals surface area (Å²) in [5.41, 5.74) is 2.14. The molecule has 2 fully saturated rings. The van der Waals surface area contributed by atoms with E-state index in [2.05, 4.69) is 10.6 Å². The number of rotatable bonds is 8. The van der Waals surface area contributed by atoms with E-state index in [1.807, 2.05) is 0 Å². The maximum absolute atomic E-state index is 12.7. The molecule has 2 aromatic rings. The predicted octanol–water partition coefficient (Wildman–Crippen LogP) is 1.33. The summed E-state index contributed by atoms with van der Waals surface area (Å²) in [5, 5.41) is 5.30. The van der Waals surface area contributed by atoms with Crippen molar-refractivity contribution in [2.75, 3.05) is 38.2 Å². The number of anilines is 1. The molecule has 34 heavy (non-hydrogen) atoms. The zero-order valence-electron chi connectivity index (χ0n) is 18.5. The van der Waals surface area contributed by atoms with E-state index in [1.54, 1.807) is 48.5 Å². The van der Waals surface area contributed by atoms with Crippen LogP contribution in [0.1, 0.15) is 17.5 Å². The third-order valence-corrected chi connectivity index (χ3v) is 7.57. The summed E-state index contributed by atoms with van der Waals surface area (Å²) < 4.78 is 32.0. The smallest absolute Gasteiger partial charge is 0.324 e. The average Bonchev–Trinajstić information content (AvgIpc) is 3.16. The number of hydrogen-bond donors (Lipinski definition) is 2. The highest BCUT2D eigenvalue weighted by atomic mass is 32.2. The minimum atomic E-state index is -3.55. The molecule has 11 heteroatoms. The summed E-state index contributed by atoms with van der Waals surface area (Å²) in [6, 6.07) is 13.1. The quantitative estimate of drug-likeness (QED) is 0.543. The Morgan fingerprint density at radius 3 is 2.44 bits per heavy atom. The lowest BCUT2D eigenvalue weighted by molar-refractivity contribution is -0.125. The number of ether oxygens (including phenoxy) is 1. The van der Waals surface area contributed by atoms with Crippen LogP contribution in [0.3, 0.4) is 0 Å². The van der Waals surface area contributed by atoms with Gasteiger partial charge in [0.2, 0.25) is 21.8 Å². The lowest BCUT2D eigenvalue weighted by Gasteiger charge is -2.26. The summed E-state index contributed by atoms with van der Waals surface area (Å²) in [6.07, 6.45) is 0.665. The Balaban J connectivity index is 1.30. The number of nitrogens with zero attached hydrogens (tertiary/aromatic N) is 2. The Labute approximate surface area is 197 Å². The van der Waals surface area contributed by atoms with E-state index in [0.29, 0.717) is 38.4 Å². The van der Waals surface area contributed by atoms with Crippen molar-refractivity contribution in [2.45, 2.75) is 24.3 Å². The van der Waals surface area contributed by atoms with Gasteiger partial charge in [0.1, 0.15) is 0 Å². The zero-order valence-corrected chi connectivity index (χ0v) is 19.3. The summed E-state index contributed by atoms with van der Waals surface area (Å²) in [4.78, 5) is 37.3. The minimum absolute atomic E-state index is 0.00458. The maximum Gasteiger partial charge on any atom is 0.324 e. The van der Waals surface area contributed by atoms with Gasteiger partial charge in [-0.2, -0.15) is 4.31 Å². The first-order valence-corrected chi connectivity index (χ1v) is 12.4. The van der Waals surface area contributed by atoms with Crippen molar-refractivity contribution < 1.29 is 27.5 Å². The van der Waals surface area contributed by atoms with Gasteiger partial charge in [0.05, 0.1) is 31.2 Å². The van der Waals surface area contributed by atoms with Crippen molar-refractivity contribution in [2.24, 2.45) is 0 Å². The number of urea groups is 1. The van der Waals surface area contributed by atoms with Gasteiger partial charge in [0.15, 0.2) is 0 Å². The highest BCUT2D eigenvalue weighted by Gasteiger charge is 2.28. The number of carbonyl (C=O) groups excluding carboxylic acids is 3. The van der Waals surface area contributed by atoms with E-state index in [1.165, 1.54) is 4.31 Å². The first kappa shape index (κ1) is 23.9. The normalized spacial score (nSPS) is 17.0. The molecule has 2 saturated heterocycles. The molecule has 2 N–H and O–H groups in total. The molecule has 4 rings (SSSR count). The molecule has 0 aromatic heterocycles. The molecule has 180 valence electrons. The molecular weight excluding hydrogens is 460 g/mol. The number of nitrogens with one attached hydrogen (secondary N) is 2. The fraction of sp³-hybridized carbons (Fsp3) is 0.348. The number of sulfonamides is 1. The van der Waals surface area contributed by atoms with Gasteiger partial charge in [-0.3, -0.25) is 14.5 Å². The van der Waals surface area contributed by atoms with E-state index in [-0.39, 0.29) is 36.2 Å². The number of imide groups is 1. The number of aryl methyl sites for hydroxylation is 1. The van der Waals surface area contributed by atoms with Crippen LogP contribution < -0.4 is 10.6 Å². The highest BCUT2D eigenvalue weighted by molar-refractivity contribution is 7.89. The van der Waals surface area contributed by atoms with E-state index in [9.17, 15) is 22.8 Å². The average molecular weight is 487 g/mol. The van der Waals surface area contributed by atoms with E-state index in [4.69, 9.17) is 4.74 Å². The predicted molar refractivity (Wildman–Crippen MR) is 123 cm³/mol. The number of benzene rings is 2. The second-order valence-electron chi connectivity index (χ2n) is 8.05. The first-order chi connectivity index (χ1) is 16.3. The van der Waals surface area contributed by atoms with E-state index in [0.717, 1.165) is 16.0 Å². The Morgan fingerprint density at radius 2 is 1.76 bits per heavy atom. The fourth-order valence-electron chi connectivity index (χ4n) is 3.79. The largest absolute Gasteiger partial charge is 0.379 e. The van der Waals surface area contributed by atoms with Crippen molar-refractivity contribution >= 4 is 33.6 Å².